The Kier molecular flexibility index (Phi) is 8.08. The second-order valence-electron chi connectivity index (χ2n) is 3.42. The van der Waals surface area contributed by atoms with Crippen LogP contribution >= 0.6 is 0 Å². The van der Waals surface area contributed by atoms with Gasteiger partial charge < -0.3 is 19.7 Å². The van der Waals surface area contributed by atoms with Crippen molar-refractivity contribution in [2.45, 2.75) is 52.1 Å². The monoisotopic (exact) mass is 206 g/mol. The van der Waals surface area contributed by atoms with Crippen molar-refractivity contribution in [2.24, 2.45) is 0 Å². The highest BCUT2D eigenvalue weighted by Gasteiger charge is 2.11. The molecule has 86 valence electrons. The molecular formula is C10H22O4. The molecule has 0 aromatic carbocycles. The van der Waals surface area contributed by atoms with Gasteiger partial charge in [-0.2, -0.15) is 0 Å². The van der Waals surface area contributed by atoms with Gasteiger partial charge in [0.15, 0.2) is 6.29 Å². The number of ether oxygens (including phenoxy) is 2. The van der Waals surface area contributed by atoms with E-state index in [1.165, 1.54) is 0 Å². The third-order valence-corrected chi connectivity index (χ3v) is 1.82. The maximum absolute atomic E-state index is 9.24. The van der Waals surface area contributed by atoms with Crippen LogP contribution in [0.25, 0.3) is 0 Å². The van der Waals surface area contributed by atoms with Gasteiger partial charge in [0.1, 0.15) is 0 Å². The average molecular weight is 206 g/mol. The summed E-state index contributed by atoms with van der Waals surface area (Å²) in [4.78, 5) is 0. The van der Waals surface area contributed by atoms with Crippen LogP contribution in [0.4, 0.5) is 0 Å². The average Bonchev–Trinajstić information content (AvgIpc) is 2.15. The minimum absolute atomic E-state index is 0.0938. The molecule has 0 heterocycles. The van der Waals surface area contributed by atoms with Crippen LogP contribution in [0.5, 0.6) is 0 Å². The molecule has 0 spiro atoms. The molecule has 0 saturated heterocycles. The molecule has 0 aliphatic heterocycles. The Morgan fingerprint density at radius 2 is 1.71 bits per heavy atom. The smallest absolute Gasteiger partial charge is 0.154 e. The highest BCUT2D eigenvalue weighted by Crippen LogP contribution is 2.04. The molecule has 0 rings (SSSR count). The molecule has 14 heavy (non-hydrogen) atoms. The molecule has 0 aromatic rings. The molecule has 0 aromatic heterocycles. The maximum atomic E-state index is 9.24. The highest BCUT2D eigenvalue weighted by atomic mass is 16.6. The van der Waals surface area contributed by atoms with E-state index in [0.29, 0.717) is 19.6 Å². The van der Waals surface area contributed by atoms with Crippen molar-refractivity contribution in [1.29, 1.82) is 0 Å². The molecule has 3 unspecified atom stereocenters. The first-order chi connectivity index (χ1) is 6.60. The van der Waals surface area contributed by atoms with E-state index in [0.717, 1.165) is 6.42 Å². The summed E-state index contributed by atoms with van der Waals surface area (Å²) >= 11 is 0. The van der Waals surface area contributed by atoms with Gasteiger partial charge in [0.05, 0.1) is 25.4 Å². The van der Waals surface area contributed by atoms with Crippen molar-refractivity contribution in [1.82, 2.24) is 0 Å². The summed E-state index contributed by atoms with van der Waals surface area (Å²) in [5.41, 5.74) is 0. The summed E-state index contributed by atoms with van der Waals surface area (Å²) in [6, 6.07) is 0. The fourth-order valence-corrected chi connectivity index (χ4v) is 0.942. The molecule has 0 aliphatic rings. The van der Waals surface area contributed by atoms with Crippen LogP contribution in [0, 0.1) is 0 Å². The van der Waals surface area contributed by atoms with Crippen molar-refractivity contribution in [3.63, 3.8) is 0 Å². The molecule has 2 N–H and O–H groups in total. The van der Waals surface area contributed by atoms with Crippen LogP contribution in [0.2, 0.25) is 0 Å². The summed E-state index contributed by atoms with van der Waals surface area (Å²) in [6.45, 7) is 6.22. The first kappa shape index (κ1) is 13.8. The number of rotatable bonds is 8. The maximum Gasteiger partial charge on any atom is 0.154 e. The molecule has 3 atom stereocenters. The molecular weight excluding hydrogens is 184 g/mol. The van der Waals surface area contributed by atoms with Crippen LogP contribution in [-0.4, -0.2) is 41.9 Å². The number of aliphatic hydroxyl groups is 2. The van der Waals surface area contributed by atoms with Crippen molar-refractivity contribution in [2.75, 3.05) is 13.2 Å². The normalized spacial score (nSPS) is 17.8. The van der Waals surface area contributed by atoms with E-state index >= 15 is 0 Å². The van der Waals surface area contributed by atoms with E-state index in [1.54, 1.807) is 6.92 Å². The molecule has 0 aliphatic carbocycles. The van der Waals surface area contributed by atoms with Gasteiger partial charge in [0.2, 0.25) is 0 Å². The molecule has 0 radical (unpaired) electrons. The molecule has 4 heteroatoms. The molecule has 4 nitrogen and oxygen atoms in total. The topological polar surface area (TPSA) is 58.9 Å². The summed E-state index contributed by atoms with van der Waals surface area (Å²) in [7, 11) is 0. The lowest BCUT2D eigenvalue weighted by Crippen LogP contribution is -2.26. The standard InChI is InChI=1S/C10H22O4/c1-4-9(14-10(12)5-2)7-13-6-8(3)11/h8-12H,4-7H2,1-3H3. The summed E-state index contributed by atoms with van der Waals surface area (Å²) in [6.07, 6.45) is 0.103. The lowest BCUT2D eigenvalue weighted by atomic mass is 10.3. The fourth-order valence-electron chi connectivity index (χ4n) is 0.942. The first-order valence-electron chi connectivity index (χ1n) is 5.19. The van der Waals surface area contributed by atoms with Gasteiger partial charge in [0.25, 0.3) is 0 Å². The van der Waals surface area contributed by atoms with Gasteiger partial charge in [-0.15, -0.1) is 0 Å². The zero-order chi connectivity index (χ0) is 11.0. The van der Waals surface area contributed by atoms with E-state index in [9.17, 15) is 5.11 Å². The van der Waals surface area contributed by atoms with Gasteiger partial charge in [-0.05, 0) is 19.8 Å². The number of aliphatic hydroxyl groups excluding tert-OH is 2. The van der Waals surface area contributed by atoms with Gasteiger partial charge in [-0.3, -0.25) is 0 Å². The quantitative estimate of drug-likeness (QED) is 0.579. The van der Waals surface area contributed by atoms with E-state index in [2.05, 4.69) is 0 Å². The number of hydrogen-bond donors (Lipinski definition) is 2. The molecule has 0 bridgehead atoms. The minimum Gasteiger partial charge on any atom is -0.391 e. The lowest BCUT2D eigenvalue weighted by molar-refractivity contribution is -0.155. The predicted octanol–water partition coefficient (Wildman–Crippen LogP) is 0.907. The van der Waals surface area contributed by atoms with E-state index in [4.69, 9.17) is 14.6 Å². The van der Waals surface area contributed by atoms with Crippen molar-refractivity contribution >= 4 is 0 Å². The van der Waals surface area contributed by atoms with Gasteiger partial charge >= 0.3 is 0 Å². The largest absolute Gasteiger partial charge is 0.391 e. The van der Waals surface area contributed by atoms with Gasteiger partial charge in [0, 0.05) is 0 Å². The SMILES string of the molecule is CCC(O)OC(CC)COCC(C)O. The first-order valence-corrected chi connectivity index (χ1v) is 5.19. The van der Waals surface area contributed by atoms with Gasteiger partial charge in [-0.1, -0.05) is 13.8 Å². The van der Waals surface area contributed by atoms with Crippen LogP contribution in [0.3, 0.4) is 0 Å². The number of hydrogen-bond acceptors (Lipinski definition) is 4. The second kappa shape index (κ2) is 8.17. The Morgan fingerprint density at radius 1 is 1.07 bits per heavy atom. The van der Waals surface area contributed by atoms with Crippen LogP contribution in [0.15, 0.2) is 0 Å². The zero-order valence-corrected chi connectivity index (χ0v) is 9.27. The summed E-state index contributed by atoms with van der Waals surface area (Å²) < 4.78 is 10.5. The Morgan fingerprint density at radius 3 is 2.14 bits per heavy atom. The van der Waals surface area contributed by atoms with Crippen LogP contribution in [0.1, 0.15) is 33.6 Å². The van der Waals surface area contributed by atoms with E-state index in [-0.39, 0.29) is 6.10 Å². The summed E-state index contributed by atoms with van der Waals surface area (Å²) in [5, 5.41) is 18.2. The predicted molar refractivity (Wildman–Crippen MR) is 54.0 cm³/mol. The Hall–Kier alpha value is -0.160. The van der Waals surface area contributed by atoms with Gasteiger partial charge in [-0.25, -0.2) is 0 Å². The third kappa shape index (κ3) is 7.26. The van der Waals surface area contributed by atoms with Crippen molar-refractivity contribution in [3.05, 3.63) is 0 Å². The Bertz CT molecular complexity index is 127. The van der Waals surface area contributed by atoms with E-state index in [1.807, 2.05) is 13.8 Å². The third-order valence-electron chi connectivity index (χ3n) is 1.82. The van der Waals surface area contributed by atoms with Crippen molar-refractivity contribution < 1.29 is 19.7 Å². The zero-order valence-electron chi connectivity index (χ0n) is 9.27. The molecule has 0 saturated carbocycles. The lowest BCUT2D eigenvalue weighted by Gasteiger charge is -2.19. The Balaban J connectivity index is 3.57. The summed E-state index contributed by atoms with van der Waals surface area (Å²) in [5.74, 6) is 0. The van der Waals surface area contributed by atoms with Crippen LogP contribution in [-0.2, 0) is 9.47 Å². The minimum atomic E-state index is -0.713. The fraction of sp³-hybridized carbons (Fsp3) is 1.00. The highest BCUT2D eigenvalue weighted by molar-refractivity contribution is 4.55. The van der Waals surface area contributed by atoms with E-state index < -0.39 is 12.4 Å². The molecule has 0 amide bonds. The molecule has 0 fully saturated rings. The second-order valence-corrected chi connectivity index (χ2v) is 3.42. The van der Waals surface area contributed by atoms with Crippen LogP contribution < -0.4 is 0 Å². The Labute approximate surface area is 85.8 Å². The van der Waals surface area contributed by atoms with Crippen molar-refractivity contribution in [3.8, 4) is 0 Å².